The van der Waals surface area contributed by atoms with Crippen LogP contribution in [0.25, 0.3) is 10.9 Å². The Morgan fingerprint density at radius 2 is 1.86 bits per heavy atom. The molecule has 1 N–H and O–H groups in total. The molecule has 3 aromatic rings. The molecule has 1 unspecified atom stereocenters. The summed E-state index contributed by atoms with van der Waals surface area (Å²) in [6.45, 7) is 4.16. The molecule has 2 aromatic heterocycles. The molecule has 1 aromatic carbocycles. The second-order valence-electron chi connectivity index (χ2n) is 5.32. The normalized spacial score (nSPS) is 12.5. The highest BCUT2D eigenvalue weighted by Crippen LogP contribution is 2.29. The molecule has 0 amide bonds. The van der Waals surface area contributed by atoms with E-state index in [0.717, 1.165) is 11.2 Å². The summed E-state index contributed by atoms with van der Waals surface area (Å²) in [5.41, 5.74) is 5.76. The van der Waals surface area contributed by atoms with E-state index in [9.17, 15) is 0 Å². The summed E-state index contributed by atoms with van der Waals surface area (Å²) in [5.74, 6) is 0. The van der Waals surface area contributed by atoms with Crippen molar-refractivity contribution in [3.8, 4) is 0 Å². The zero-order chi connectivity index (χ0) is 14.8. The maximum Gasteiger partial charge on any atom is 0.0708 e. The van der Waals surface area contributed by atoms with Crippen molar-refractivity contribution < 1.29 is 0 Å². The first-order valence-corrected chi connectivity index (χ1v) is 7.15. The fraction of sp³-hybridized carbons (Fsp3) is 0.222. The first-order valence-electron chi connectivity index (χ1n) is 7.15. The molecule has 106 valence electrons. The van der Waals surface area contributed by atoms with E-state index in [-0.39, 0.29) is 6.04 Å². The van der Waals surface area contributed by atoms with E-state index in [1.165, 1.54) is 22.1 Å². The lowest BCUT2D eigenvalue weighted by molar-refractivity contribution is 0.688. The van der Waals surface area contributed by atoms with Crippen LogP contribution < -0.4 is 5.32 Å². The van der Waals surface area contributed by atoms with Crippen LogP contribution in [0.2, 0.25) is 0 Å². The molecule has 21 heavy (non-hydrogen) atoms. The van der Waals surface area contributed by atoms with Gasteiger partial charge in [0.05, 0.1) is 11.6 Å². The number of pyridine rings is 2. The number of aromatic nitrogens is 2. The number of nitrogens with zero attached hydrogens (tertiary/aromatic N) is 2. The van der Waals surface area contributed by atoms with Gasteiger partial charge in [-0.3, -0.25) is 9.97 Å². The Labute approximate surface area is 125 Å². The Balaban J connectivity index is 2.24. The standard InChI is InChI=1S/C18H19N3/c1-12-8-9-20-11-16(12)18(19-3)15-10-13(2)21-17-7-5-4-6-14(15)17/h4-11,18-19H,1-3H3. The van der Waals surface area contributed by atoms with E-state index in [2.05, 4.69) is 52.5 Å². The number of nitrogens with one attached hydrogen (secondary N) is 1. The van der Waals surface area contributed by atoms with Crippen LogP contribution >= 0.6 is 0 Å². The van der Waals surface area contributed by atoms with Crippen molar-refractivity contribution in [2.45, 2.75) is 19.9 Å². The van der Waals surface area contributed by atoms with Crippen LogP contribution in [-0.2, 0) is 0 Å². The monoisotopic (exact) mass is 277 g/mol. The third-order valence-corrected chi connectivity index (χ3v) is 3.87. The summed E-state index contributed by atoms with van der Waals surface area (Å²) >= 11 is 0. The molecule has 0 radical (unpaired) electrons. The third-order valence-electron chi connectivity index (χ3n) is 3.87. The van der Waals surface area contributed by atoms with Gasteiger partial charge < -0.3 is 5.32 Å². The van der Waals surface area contributed by atoms with Crippen LogP contribution in [0, 0.1) is 13.8 Å². The minimum absolute atomic E-state index is 0.116. The maximum atomic E-state index is 4.63. The summed E-state index contributed by atoms with van der Waals surface area (Å²) in [7, 11) is 1.99. The van der Waals surface area contributed by atoms with E-state index in [4.69, 9.17) is 0 Å². The molecule has 0 aliphatic carbocycles. The minimum Gasteiger partial charge on any atom is -0.309 e. The maximum absolute atomic E-state index is 4.63. The van der Waals surface area contributed by atoms with E-state index in [1.54, 1.807) is 0 Å². The molecule has 1 atom stereocenters. The lowest BCUT2D eigenvalue weighted by atomic mass is 9.93. The number of hydrogen-bond acceptors (Lipinski definition) is 3. The Bertz CT molecular complexity index is 780. The lowest BCUT2D eigenvalue weighted by Gasteiger charge is -2.21. The number of hydrogen-bond donors (Lipinski definition) is 1. The average Bonchev–Trinajstić information content (AvgIpc) is 2.49. The van der Waals surface area contributed by atoms with E-state index >= 15 is 0 Å². The quantitative estimate of drug-likeness (QED) is 0.795. The summed E-state index contributed by atoms with van der Waals surface area (Å²) in [4.78, 5) is 8.91. The van der Waals surface area contributed by atoms with Gasteiger partial charge in [0.2, 0.25) is 0 Å². The van der Waals surface area contributed by atoms with Crippen molar-refractivity contribution in [1.82, 2.24) is 15.3 Å². The van der Waals surface area contributed by atoms with E-state index < -0.39 is 0 Å². The van der Waals surface area contributed by atoms with Crippen LogP contribution in [0.1, 0.15) is 28.4 Å². The lowest BCUT2D eigenvalue weighted by Crippen LogP contribution is -2.19. The average molecular weight is 277 g/mol. The van der Waals surface area contributed by atoms with Gasteiger partial charge in [0.15, 0.2) is 0 Å². The zero-order valence-corrected chi connectivity index (χ0v) is 12.6. The number of rotatable bonds is 3. The zero-order valence-electron chi connectivity index (χ0n) is 12.6. The van der Waals surface area contributed by atoms with Gasteiger partial charge >= 0.3 is 0 Å². The Kier molecular flexibility index (Phi) is 3.67. The first-order chi connectivity index (χ1) is 10.2. The smallest absolute Gasteiger partial charge is 0.0708 e. The molecule has 0 saturated carbocycles. The van der Waals surface area contributed by atoms with Gasteiger partial charge in [-0.05, 0) is 55.8 Å². The molecule has 0 aliphatic rings. The number of aryl methyl sites for hydroxylation is 2. The van der Waals surface area contributed by atoms with Gasteiger partial charge in [-0.1, -0.05) is 18.2 Å². The molecule has 0 fully saturated rings. The summed E-state index contributed by atoms with van der Waals surface area (Å²) in [5, 5.41) is 4.61. The highest BCUT2D eigenvalue weighted by atomic mass is 14.9. The van der Waals surface area contributed by atoms with Crippen LogP contribution in [0.5, 0.6) is 0 Å². The van der Waals surface area contributed by atoms with Crippen molar-refractivity contribution in [2.75, 3.05) is 7.05 Å². The minimum atomic E-state index is 0.116. The molecular weight excluding hydrogens is 258 g/mol. The predicted octanol–water partition coefficient (Wildman–Crippen LogP) is 3.56. The molecule has 0 bridgehead atoms. The van der Waals surface area contributed by atoms with Crippen molar-refractivity contribution in [3.05, 3.63) is 71.2 Å². The summed E-state index contributed by atoms with van der Waals surface area (Å²) < 4.78 is 0. The highest BCUT2D eigenvalue weighted by molar-refractivity contribution is 5.83. The molecule has 3 rings (SSSR count). The topological polar surface area (TPSA) is 37.8 Å². The van der Waals surface area contributed by atoms with Gasteiger partial charge in [-0.25, -0.2) is 0 Å². The van der Waals surface area contributed by atoms with Crippen LogP contribution in [-0.4, -0.2) is 17.0 Å². The largest absolute Gasteiger partial charge is 0.309 e. The van der Waals surface area contributed by atoms with Gasteiger partial charge in [0, 0.05) is 23.5 Å². The molecule has 2 heterocycles. The van der Waals surface area contributed by atoms with Crippen LogP contribution in [0.4, 0.5) is 0 Å². The SMILES string of the molecule is CNC(c1cnccc1C)c1cc(C)nc2ccccc12. The first kappa shape index (κ1) is 13.7. The van der Waals surface area contributed by atoms with Crippen molar-refractivity contribution in [3.63, 3.8) is 0 Å². The molecular formula is C18H19N3. The Hall–Kier alpha value is -2.26. The number of fused-ring (bicyclic) bond motifs is 1. The highest BCUT2D eigenvalue weighted by Gasteiger charge is 2.17. The fourth-order valence-electron chi connectivity index (χ4n) is 2.84. The van der Waals surface area contributed by atoms with E-state index in [1.807, 2.05) is 32.4 Å². The van der Waals surface area contributed by atoms with E-state index in [0.29, 0.717) is 0 Å². The van der Waals surface area contributed by atoms with Crippen LogP contribution in [0.15, 0.2) is 48.8 Å². The number of para-hydroxylation sites is 1. The number of benzene rings is 1. The summed E-state index contributed by atoms with van der Waals surface area (Å²) in [6, 6.07) is 12.6. The Morgan fingerprint density at radius 3 is 2.62 bits per heavy atom. The second kappa shape index (κ2) is 5.62. The molecule has 0 saturated heterocycles. The van der Waals surface area contributed by atoms with Crippen molar-refractivity contribution >= 4 is 10.9 Å². The molecule has 3 nitrogen and oxygen atoms in total. The molecule has 0 aliphatic heterocycles. The van der Waals surface area contributed by atoms with Gasteiger partial charge in [0.1, 0.15) is 0 Å². The van der Waals surface area contributed by atoms with Crippen molar-refractivity contribution in [2.24, 2.45) is 0 Å². The second-order valence-corrected chi connectivity index (χ2v) is 5.32. The predicted molar refractivity (Wildman–Crippen MR) is 86.4 cm³/mol. The van der Waals surface area contributed by atoms with Crippen molar-refractivity contribution in [1.29, 1.82) is 0 Å². The van der Waals surface area contributed by atoms with Crippen LogP contribution in [0.3, 0.4) is 0 Å². The molecule has 0 spiro atoms. The summed E-state index contributed by atoms with van der Waals surface area (Å²) in [6.07, 6.45) is 3.78. The van der Waals surface area contributed by atoms with Gasteiger partial charge in [0.25, 0.3) is 0 Å². The van der Waals surface area contributed by atoms with Gasteiger partial charge in [-0.15, -0.1) is 0 Å². The third kappa shape index (κ3) is 2.52. The molecule has 3 heteroatoms. The Morgan fingerprint density at radius 1 is 1.05 bits per heavy atom. The fourth-order valence-corrected chi connectivity index (χ4v) is 2.84. The van der Waals surface area contributed by atoms with Gasteiger partial charge in [-0.2, -0.15) is 0 Å².